The molecule has 0 amide bonds. The van der Waals surface area contributed by atoms with Gasteiger partial charge in [-0.1, -0.05) is 35.1 Å². The Bertz CT molecular complexity index is 1330. The van der Waals surface area contributed by atoms with Gasteiger partial charge in [0, 0.05) is 17.8 Å². The summed E-state index contributed by atoms with van der Waals surface area (Å²) in [7, 11) is 0. The fourth-order valence-electron chi connectivity index (χ4n) is 2.79. The van der Waals surface area contributed by atoms with Gasteiger partial charge in [-0.15, -0.1) is 0 Å². The lowest BCUT2D eigenvalue weighted by Gasteiger charge is -2.11. The van der Waals surface area contributed by atoms with Crippen molar-refractivity contribution in [2.45, 2.75) is 6.18 Å². The van der Waals surface area contributed by atoms with Crippen molar-refractivity contribution in [1.82, 2.24) is 4.98 Å². The number of hydrogen-bond acceptors (Lipinski definition) is 6. The second-order valence-corrected chi connectivity index (χ2v) is 7.40. The topological polar surface area (TPSA) is 69.4 Å². The molecule has 10 heteroatoms. The number of fused-ring (bicyclic) bond motifs is 1. The van der Waals surface area contributed by atoms with Crippen LogP contribution in [-0.2, 0) is 6.18 Å². The van der Waals surface area contributed by atoms with Crippen LogP contribution in [0.25, 0.3) is 21.4 Å². The third-order valence-corrected chi connectivity index (χ3v) is 5.17. The van der Waals surface area contributed by atoms with Crippen molar-refractivity contribution in [2.24, 2.45) is 0 Å². The van der Waals surface area contributed by atoms with Gasteiger partial charge in [-0.25, -0.2) is 14.6 Å². The number of pyridine rings is 1. The largest absolute Gasteiger partial charge is 0.423 e. The van der Waals surface area contributed by atoms with E-state index in [0.717, 1.165) is 23.5 Å². The second-order valence-electron chi connectivity index (χ2n) is 6.06. The molecule has 30 heavy (non-hydrogen) atoms. The predicted molar refractivity (Wildman–Crippen MR) is 105 cm³/mol. The second kappa shape index (κ2) is 7.58. The minimum Gasteiger partial charge on any atom is -0.423 e. The maximum Gasteiger partial charge on any atom is 0.416 e. The Labute approximate surface area is 175 Å². The molecule has 2 aromatic carbocycles. The first kappa shape index (κ1) is 20.1. The zero-order chi connectivity index (χ0) is 21.5. The molecule has 0 saturated carbocycles. The Kier molecular flexibility index (Phi) is 5.08. The first-order valence-electron chi connectivity index (χ1n) is 8.30. The van der Waals surface area contributed by atoms with Crippen LogP contribution in [0.5, 0.6) is 5.75 Å². The van der Waals surface area contributed by atoms with Crippen molar-refractivity contribution in [3.05, 3.63) is 80.7 Å². The third kappa shape index (κ3) is 3.94. The molecule has 0 saturated heterocycles. The number of aromatic nitrogens is 1. The molecule has 0 aliphatic carbocycles. The number of esters is 1. The summed E-state index contributed by atoms with van der Waals surface area (Å²) in [6.45, 7) is 0. The van der Waals surface area contributed by atoms with Gasteiger partial charge in [0.1, 0.15) is 10.9 Å². The molecule has 5 nitrogen and oxygen atoms in total. The molecule has 0 bridgehead atoms. The van der Waals surface area contributed by atoms with Crippen LogP contribution in [0.2, 0.25) is 5.15 Å². The van der Waals surface area contributed by atoms with E-state index in [0.29, 0.717) is 4.70 Å². The zero-order valence-electron chi connectivity index (χ0n) is 14.7. The molecule has 0 unspecified atom stereocenters. The average molecular weight is 452 g/mol. The van der Waals surface area contributed by atoms with Gasteiger partial charge < -0.3 is 9.15 Å². The number of carbonyl (C=O) groups excluding carboxylic acids is 1. The molecular weight excluding hydrogens is 443 g/mol. The number of nitrogens with zero attached hydrogens (tertiary/aromatic N) is 1. The zero-order valence-corrected chi connectivity index (χ0v) is 16.3. The van der Waals surface area contributed by atoms with Gasteiger partial charge in [0.05, 0.1) is 15.8 Å². The standard InChI is InChI=1S/C20H9ClF3NO4S/c21-17-13(5-2-6-25-17)18(26)28-12-8-14(16-15(9-12)30-19(27)29-16)10-3-1-4-11(7-10)20(22,23)24/h1-9H. The Morgan fingerprint density at radius 2 is 1.93 bits per heavy atom. The van der Waals surface area contributed by atoms with Crippen molar-refractivity contribution in [2.75, 3.05) is 0 Å². The number of alkyl halides is 3. The summed E-state index contributed by atoms with van der Waals surface area (Å²) < 4.78 is 50.2. The van der Waals surface area contributed by atoms with Crippen molar-refractivity contribution < 1.29 is 27.1 Å². The lowest BCUT2D eigenvalue weighted by molar-refractivity contribution is -0.137. The minimum absolute atomic E-state index is 0.0110. The van der Waals surface area contributed by atoms with Gasteiger partial charge in [0.2, 0.25) is 0 Å². The molecule has 0 spiro atoms. The van der Waals surface area contributed by atoms with E-state index in [4.69, 9.17) is 20.8 Å². The lowest BCUT2D eigenvalue weighted by atomic mass is 10.0. The molecule has 2 heterocycles. The van der Waals surface area contributed by atoms with Gasteiger partial charge >= 0.3 is 17.1 Å². The molecule has 0 aliphatic heterocycles. The highest BCUT2D eigenvalue weighted by Crippen LogP contribution is 2.37. The van der Waals surface area contributed by atoms with Gasteiger partial charge in [0.15, 0.2) is 5.58 Å². The lowest BCUT2D eigenvalue weighted by Crippen LogP contribution is -2.09. The smallest absolute Gasteiger partial charge is 0.416 e. The number of ether oxygens (including phenoxy) is 1. The molecule has 152 valence electrons. The molecule has 0 aliphatic rings. The van der Waals surface area contributed by atoms with Crippen molar-refractivity contribution >= 4 is 39.2 Å². The van der Waals surface area contributed by atoms with Crippen LogP contribution >= 0.6 is 22.9 Å². The summed E-state index contributed by atoms with van der Waals surface area (Å²) in [6, 6.07) is 10.2. The van der Waals surface area contributed by atoms with Gasteiger partial charge in [-0.3, -0.25) is 0 Å². The van der Waals surface area contributed by atoms with Crippen LogP contribution in [0, 0.1) is 0 Å². The van der Waals surface area contributed by atoms with E-state index in [1.54, 1.807) is 0 Å². The number of benzene rings is 2. The highest BCUT2D eigenvalue weighted by molar-refractivity contribution is 7.16. The van der Waals surface area contributed by atoms with Crippen LogP contribution < -0.4 is 9.68 Å². The highest BCUT2D eigenvalue weighted by Gasteiger charge is 2.30. The number of halogens is 4. The van der Waals surface area contributed by atoms with Crippen LogP contribution in [-0.4, -0.2) is 11.0 Å². The van der Waals surface area contributed by atoms with E-state index in [2.05, 4.69) is 4.98 Å². The van der Waals surface area contributed by atoms with Gasteiger partial charge in [-0.05, 0) is 35.9 Å². The number of hydrogen-bond donors (Lipinski definition) is 0. The summed E-state index contributed by atoms with van der Waals surface area (Å²) in [4.78, 5) is 27.3. The Hall–Kier alpha value is -3.17. The van der Waals surface area contributed by atoms with E-state index < -0.39 is 22.6 Å². The molecule has 4 rings (SSSR count). The van der Waals surface area contributed by atoms with Crippen LogP contribution in [0.3, 0.4) is 0 Å². The van der Waals surface area contributed by atoms with Crippen LogP contribution in [0.15, 0.2) is 63.9 Å². The molecule has 4 aromatic rings. The van der Waals surface area contributed by atoms with E-state index in [1.807, 2.05) is 0 Å². The number of rotatable bonds is 3. The van der Waals surface area contributed by atoms with Gasteiger partial charge in [-0.2, -0.15) is 13.2 Å². The summed E-state index contributed by atoms with van der Waals surface area (Å²) in [5.41, 5.74) is -0.426. The molecule has 0 radical (unpaired) electrons. The Morgan fingerprint density at radius 3 is 2.67 bits per heavy atom. The van der Waals surface area contributed by atoms with Crippen LogP contribution in [0.4, 0.5) is 13.2 Å². The monoisotopic (exact) mass is 451 g/mol. The molecule has 0 N–H and O–H groups in total. The van der Waals surface area contributed by atoms with Crippen LogP contribution in [0.1, 0.15) is 15.9 Å². The third-order valence-electron chi connectivity index (χ3n) is 4.10. The molecule has 2 aromatic heterocycles. The Morgan fingerprint density at radius 1 is 1.13 bits per heavy atom. The first-order valence-corrected chi connectivity index (χ1v) is 9.50. The summed E-state index contributed by atoms with van der Waals surface area (Å²) >= 11 is 6.64. The van der Waals surface area contributed by atoms with E-state index in [1.165, 1.54) is 42.6 Å². The molecule has 0 atom stereocenters. The van der Waals surface area contributed by atoms with Crippen molar-refractivity contribution in [3.8, 4) is 16.9 Å². The summed E-state index contributed by atoms with van der Waals surface area (Å²) in [5.74, 6) is -0.796. The SMILES string of the molecule is O=C(Oc1cc(-c2cccc(C(F)(F)F)c2)c2oc(=O)sc2c1)c1cccnc1Cl. The van der Waals surface area contributed by atoms with Crippen molar-refractivity contribution in [3.63, 3.8) is 0 Å². The quantitative estimate of drug-likeness (QED) is 0.223. The minimum atomic E-state index is -4.55. The maximum absolute atomic E-state index is 13.1. The van der Waals surface area contributed by atoms with Crippen molar-refractivity contribution in [1.29, 1.82) is 0 Å². The molecular formula is C20H9ClF3NO4S. The Balaban J connectivity index is 1.82. The fourth-order valence-corrected chi connectivity index (χ4v) is 3.71. The maximum atomic E-state index is 13.1. The first-order chi connectivity index (χ1) is 14.2. The van der Waals surface area contributed by atoms with E-state index in [-0.39, 0.29) is 33.2 Å². The number of carbonyl (C=O) groups is 1. The highest BCUT2D eigenvalue weighted by atomic mass is 35.5. The molecule has 0 fully saturated rings. The summed E-state index contributed by atoms with van der Waals surface area (Å²) in [5, 5.41) is -0.0605. The van der Waals surface area contributed by atoms with E-state index >= 15 is 0 Å². The average Bonchev–Trinajstić information content (AvgIpc) is 3.07. The van der Waals surface area contributed by atoms with Gasteiger partial charge in [0.25, 0.3) is 0 Å². The fraction of sp³-hybridized carbons (Fsp3) is 0.0500. The van der Waals surface area contributed by atoms with E-state index in [9.17, 15) is 22.8 Å². The normalized spacial score (nSPS) is 11.6. The summed E-state index contributed by atoms with van der Waals surface area (Å²) in [6.07, 6.45) is -3.15. The predicted octanol–water partition coefficient (Wildman–Crippen LogP) is 5.81.